The van der Waals surface area contributed by atoms with E-state index < -0.39 is 5.60 Å². The van der Waals surface area contributed by atoms with Gasteiger partial charge in [-0.1, -0.05) is 24.8 Å². The minimum atomic E-state index is -0.539. The fraction of sp³-hybridized carbons (Fsp3) is 0.389. The lowest BCUT2D eigenvalue weighted by molar-refractivity contribution is -0.132. The molecule has 0 radical (unpaired) electrons. The second-order valence-corrected chi connectivity index (χ2v) is 5.64. The highest BCUT2D eigenvalue weighted by atomic mass is 16.5. The maximum Gasteiger partial charge on any atom is 0.308 e. The van der Waals surface area contributed by atoms with Crippen LogP contribution in [-0.4, -0.2) is 19.7 Å². The molecule has 2 bridgehead atoms. The number of hydrogen-bond donors (Lipinski definition) is 0. The van der Waals surface area contributed by atoms with E-state index in [1.165, 1.54) is 6.92 Å². The first-order chi connectivity index (χ1) is 10.6. The van der Waals surface area contributed by atoms with Gasteiger partial charge in [-0.2, -0.15) is 0 Å². The highest BCUT2D eigenvalue weighted by molar-refractivity contribution is 5.71. The van der Waals surface area contributed by atoms with Crippen LogP contribution >= 0.6 is 0 Å². The molecule has 3 aliphatic rings. The van der Waals surface area contributed by atoms with Crippen molar-refractivity contribution >= 4 is 5.97 Å². The van der Waals surface area contributed by atoms with Crippen molar-refractivity contribution in [2.24, 2.45) is 0 Å². The molecule has 0 N–H and O–H groups in total. The molecule has 116 valence electrons. The van der Waals surface area contributed by atoms with Crippen LogP contribution in [0.3, 0.4) is 0 Å². The molecule has 2 atom stereocenters. The van der Waals surface area contributed by atoms with Crippen LogP contribution in [0.2, 0.25) is 0 Å². The van der Waals surface area contributed by atoms with Gasteiger partial charge in [0.2, 0.25) is 0 Å². The molecule has 0 aromatic heterocycles. The van der Waals surface area contributed by atoms with Crippen molar-refractivity contribution in [2.75, 3.05) is 13.7 Å². The third-order valence-electron chi connectivity index (χ3n) is 4.36. The summed E-state index contributed by atoms with van der Waals surface area (Å²) < 4.78 is 17.1. The van der Waals surface area contributed by atoms with Crippen molar-refractivity contribution in [3.05, 3.63) is 48.1 Å². The molecular weight excluding hydrogens is 280 g/mol. The molecule has 0 fully saturated rings. The van der Waals surface area contributed by atoms with Gasteiger partial charge >= 0.3 is 5.97 Å². The molecule has 0 spiro atoms. The summed E-state index contributed by atoms with van der Waals surface area (Å²) in [5.41, 5.74) is 1.45. The highest BCUT2D eigenvalue weighted by Crippen LogP contribution is 2.55. The number of carbonyl (C=O) groups excluding carboxylic acids is 1. The van der Waals surface area contributed by atoms with Gasteiger partial charge in [0.25, 0.3) is 0 Å². The van der Waals surface area contributed by atoms with Gasteiger partial charge in [-0.25, -0.2) is 0 Å². The van der Waals surface area contributed by atoms with Crippen molar-refractivity contribution in [3.8, 4) is 11.5 Å². The number of allylic oxidation sites excluding steroid dienone is 1. The zero-order chi connectivity index (χ0) is 15.7. The summed E-state index contributed by atoms with van der Waals surface area (Å²) in [6.45, 7) is 5.54. The Morgan fingerprint density at radius 2 is 2.23 bits per heavy atom. The Labute approximate surface area is 130 Å². The summed E-state index contributed by atoms with van der Waals surface area (Å²) in [4.78, 5) is 11.4. The molecule has 1 aromatic carbocycles. The maximum atomic E-state index is 11.4. The van der Waals surface area contributed by atoms with Crippen molar-refractivity contribution in [1.82, 2.24) is 0 Å². The van der Waals surface area contributed by atoms with Crippen LogP contribution in [0.15, 0.2) is 36.9 Å². The van der Waals surface area contributed by atoms with Gasteiger partial charge in [0, 0.05) is 31.1 Å². The molecule has 0 amide bonds. The minimum absolute atomic E-state index is 0.266. The molecule has 4 nitrogen and oxygen atoms in total. The Morgan fingerprint density at radius 1 is 1.45 bits per heavy atom. The van der Waals surface area contributed by atoms with Crippen LogP contribution in [0.25, 0.3) is 0 Å². The molecule has 0 aliphatic heterocycles. The van der Waals surface area contributed by atoms with E-state index in [9.17, 15) is 4.79 Å². The standard InChI is InChI=1S/C18H20O4/c1-4-11-21-14-5-6-15(22-12(2)19)17-16(14)13-7-9-18(17,20-3)10-8-13/h4-7,9,13H,1,8,10-11H2,2-3H3/t13-,18-/m1/s1. The van der Waals surface area contributed by atoms with Gasteiger partial charge in [-0.3, -0.25) is 4.79 Å². The van der Waals surface area contributed by atoms with Crippen molar-refractivity contribution < 1.29 is 19.0 Å². The summed E-state index contributed by atoms with van der Waals surface area (Å²) in [6.07, 6.45) is 7.82. The lowest BCUT2D eigenvalue weighted by Gasteiger charge is -2.43. The van der Waals surface area contributed by atoms with Gasteiger partial charge in [0.1, 0.15) is 23.7 Å². The van der Waals surface area contributed by atoms with Crippen LogP contribution < -0.4 is 9.47 Å². The lowest BCUT2D eigenvalue weighted by atomic mass is 9.68. The molecule has 4 rings (SSSR count). The average molecular weight is 300 g/mol. The Morgan fingerprint density at radius 3 is 2.82 bits per heavy atom. The number of rotatable bonds is 5. The highest BCUT2D eigenvalue weighted by Gasteiger charge is 2.45. The topological polar surface area (TPSA) is 44.8 Å². The molecule has 1 aromatic rings. The van der Waals surface area contributed by atoms with Crippen molar-refractivity contribution in [2.45, 2.75) is 31.3 Å². The Hall–Kier alpha value is -2.07. The quantitative estimate of drug-likeness (QED) is 0.474. The van der Waals surface area contributed by atoms with E-state index in [0.29, 0.717) is 12.4 Å². The van der Waals surface area contributed by atoms with Crippen molar-refractivity contribution in [3.63, 3.8) is 0 Å². The van der Waals surface area contributed by atoms with Gasteiger partial charge in [0.15, 0.2) is 0 Å². The Balaban J connectivity index is 2.18. The van der Waals surface area contributed by atoms with Crippen molar-refractivity contribution in [1.29, 1.82) is 0 Å². The largest absolute Gasteiger partial charge is 0.489 e. The number of fused-ring (bicyclic) bond motifs is 1. The van der Waals surface area contributed by atoms with Gasteiger partial charge < -0.3 is 14.2 Å². The third-order valence-corrected chi connectivity index (χ3v) is 4.36. The molecule has 4 heteroatoms. The van der Waals surface area contributed by atoms with Gasteiger partial charge in [-0.05, 0) is 25.0 Å². The predicted octanol–water partition coefficient (Wildman–Crippen LogP) is 3.47. The number of methoxy groups -OCH3 is 1. The number of carbonyl (C=O) groups is 1. The lowest BCUT2D eigenvalue weighted by Crippen LogP contribution is -2.36. The van der Waals surface area contributed by atoms with Crippen LogP contribution in [0, 0.1) is 0 Å². The van der Waals surface area contributed by atoms with E-state index in [1.807, 2.05) is 6.07 Å². The average Bonchev–Trinajstić information content (AvgIpc) is 2.54. The predicted molar refractivity (Wildman–Crippen MR) is 83.2 cm³/mol. The number of ether oxygens (including phenoxy) is 3. The van der Waals surface area contributed by atoms with E-state index >= 15 is 0 Å². The summed E-state index contributed by atoms with van der Waals surface area (Å²) in [5.74, 6) is 1.30. The first-order valence-corrected chi connectivity index (χ1v) is 7.45. The molecule has 0 saturated carbocycles. The summed E-state index contributed by atoms with van der Waals surface area (Å²) in [5, 5.41) is 0. The second kappa shape index (κ2) is 5.61. The Bertz CT molecular complexity index is 647. The van der Waals surface area contributed by atoms with E-state index in [-0.39, 0.29) is 11.9 Å². The van der Waals surface area contributed by atoms with Gasteiger partial charge in [-0.15, -0.1) is 0 Å². The normalized spacial score (nSPS) is 24.7. The molecular formula is C18H20O4. The van der Waals surface area contributed by atoms with E-state index in [4.69, 9.17) is 14.2 Å². The van der Waals surface area contributed by atoms with E-state index in [1.54, 1.807) is 19.3 Å². The minimum Gasteiger partial charge on any atom is -0.489 e. The summed E-state index contributed by atoms with van der Waals surface area (Å²) in [6, 6.07) is 3.65. The van der Waals surface area contributed by atoms with Gasteiger partial charge in [0.05, 0.1) is 0 Å². The first-order valence-electron chi connectivity index (χ1n) is 7.45. The first kappa shape index (κ1) is 14.9. The molecule has 0 heterocycles. The third kappa shape index (κ3) is 2.24. The maximum absolute atomic E-state index is 11.4. The van der Waals surface area contributed by atoms with Crippen LogP contribution in [0.5, 0.6) is 11.5 Å². The molecule has 3 aliphatic carbocycles. The Kier molecular flexibility index (Phi) is 3.79. The monoisotopic (exact) mass is 300 g/mol. The van der Waals surface area contributed by atoms with Crippen LogP contribution in [0.4, 0.5) is 0 Å². The summed E-state index contributed by atoms with van der Waals surface area (Å²) >= 11 is 0. The zero-order valence-electron chi connectivity index (χ0n) is 12.9. The number of esters is 1. The fourth-order valence-corrected chi connectivity index (χ4v) is 3.44. The van der Waals surface area contributed by atoms with E-state index in [0.717, 1.165) is 29.7 Å². The van der Waals surface area contributed by atoms with E-state index in [2.05, 4.69) is 18.7 Å². The molecule has 22 heavy (non-hydrogen) atoms. The zero-order valence-corrected chi connectivity index (χ0v) is 12.9. The smallest absolute Gasteiger partial charge is 0.308 e. The van der Waals surface area contributed by atoms with Crippen LogP contribution in [0.1, 0.15) is 36.8 Å². The second-order valence-electron chi connectivity index (χ2n) is 5.64. The SMILES string of the molecule is C=CCOc1ccc(OC(C)=O)c2c1[C@@H]1C=C[C@@]2(OC)CC1. The number of hydrogen-bond acceptors (Lipinski definition) is 4. The number of benzene rings is 1. The summed E-state index contributed by atoms with van der Waals surface area (Å²) in [7, 11) is 1.69. The van der Waals surface area contributed by atoms with Crippen LogP contribution in [-0.2, 0) is 15.1 Å². The fourth-order valence-electron chi connectivity index (χ4n) is 3.44. The molecule has 0 unspecified atom stereocenters. The molecule has 0 saturated heterocycles.